The van der Waals surface area contributed by atoms with Crippen LogP contribution >= 0.6 is 0 Å². The molecule has 0 aliphatic rings. The van der Waals surface area contributed by atoms with Gasteiger partial charge in [0.05, 0.1) is 11.7 Å². The molecule has 0 aliphatic carbocycles. The van der Waals surface area contributed by atoms with E-state index in [4.69, 9.17) is 4.74 Å². The highest BCUT2D eigenvalue weighted by Crippen LogP contribution is 2.13. The lowest BCUT2D eigenvalue weighted by Gasteiger charge is -2.09. The van der Waals surface area contributed by atoms with Gasteiger partial charge in [0.15, 0.2) is 12.4 Å². The number of halogens is 1. The molecular weight excluding hydrogens is 396 g/mol. The number of benzene rings is 1. The first-order chi connectivity index (χ1) is 12.0. The number of unbranched alkanes of at least 4 members (excludes halogenated alkanes) is 1. The second-order valence-electron chi connectivity index (χ2n) is 6.15. The Hall–Kier alpha value is -2.21. The predicted octanol–water partition coefficient (Wildman–Crippen LogP) is 0.352. The van der Waals surface area contributed by atoms with Gasteiger partial charge < -0.3 is 27.0 Å². The molecule has 0 atom stereocenters. The maximum Gasteiger partial charge on any atom is 0.338 e. The van der Waals surface area contributed by atoms with E-state index in [0.717, 1.165) is 19.4 Å². The van der Waals surface area contributed by atoms with Crippen LogP contribution in [-0.2, 0) is 16.1 Å². The molecule has 2 rings (SSSR count). The fourth-order valence-electron chi connectivity index (χ4n) is 2.39. The Labute approximate surface area is 165 Å². The third-order valence-electron chi connectivity index (χ3n) is 3.57. The van der Waals surface area contributed by atoms with Crippen molar-refractivity contribution in [2.75, 3.05) is 5.32 Å². The number of rotatable bonds is 8. The maximum atomic E-state index is 12.0. The quantitative estimate of drug-likeness (QED) is 0.380. The van der Waals surface area contributed by atoms with Crippen molar-refractivity contribution in [2.45, 2.75) is 45.8 Å². The lowest BCUT2D eigenvalue weighted by atomic mass is 10.2. The second kappa shape index (κ2) is 11.4. The standard InChI is InChI=1S/C20H24N2O3.BrH/c1-16(2)25-20(24)17-9-8-10-18(15-17)21-19(23)11-4-7-14-22-12-5-3-6-13-22;/h3,5-6,8-10,12-13,15-16H,4,7,11,14H2,1-2H3;1H. The van der Waals surface area contributed by atoms with Crippen molar-refractivity contribution in [3.05, 3.63) is 60.4 Å². The number of nitrogens with one attached hydrogen (secondary N) is 1. The minimum atomic E-state index is -0.383. The van der Waals surface area contributed by atoms with Gasteiger partial charge in [-0.2, -0.15) is 0 Å². The largest absolute Gasteiger partial charge is 1.00 e. The van der Waals surface area contributed by atoms with Crippen molar-refractivity contribution >= 4 is 17.6 Å². The number of carbonyl (C=O) groups is 2. The molecule has 1 aromatic heterocycles. The SMILES string of the molecule is CC(C)OC(=O)c1cccc(NC(=O)CCCC[n+]2ccccc2)c1.[Br-]. The highest BCUT2D eigenvalue weighted by atomic mass is 79.9. The number of anilines is 1. The topological polar surface area (TPSA) is 59.3 Å². The van der Waals surface area contributed by atoms with Crippen molar-refractivity contribution in [1.29, 1.82) is 0 Å². The summed E-state index contributed by atoms with van der Waals surface area (Å²) in [5.41, 5.74) is 1.05. The molecule has 0 bridgehead atoms. The Morgan fingerprint density at radius 1 is 1.08 bits per heavy atom. The Morgan fingerprint density at radius 3 is 2.50 bits per heavy atom. The molecule has 26 heavy (non-hydrogen) atoms. The van der Waals surface area contributed by atoms with Crippen molar-refractivity contribution in [2.24, 2.45) is 0 Å². The maximum absolute atomic E-state index is 12.0. The van der Waals surface area contributed by atoms with Gasteiger partial charge in [-0.1, -0.05) is 12.1 Å². The summed E-state index contributed by atoms with van der Waals surface area (Å²) in [5.74, 6) is -0.432. The third-order valence-corrected chi connectivity index (χ3v) is 3.57. The van der Waals surface area contributed by atoms with E-state index in [-0.39, 0.29) is 35.0 Å². The van der Waals surface area contributed by atoms with Crippen LogP contribution in [-0.4, -0.2) is 18.0 Å². The number of hydrogen-bond acceptors (Lipinski definition) is 3. The zero-order chi connectivity index (χ0) is 18.1. The summed E-state index contributed by atoms with van der Waals surface area (Å²) in [7, 11) is 0. The molecule has 1 heterocycles. The molecule has 0 saturated carbocycles. The van der Waals surface area contributed by atoms with Crippen molar-refractivity contribution in [1.82, 2.24) is 0 Å². The Morgan fingerprint density at radius 2 is 1.81 bits per heavy atom. The van der Waals surface area contributed by atoms with Crippen molar-refractivity contribution < 1.29 is 35.9 Å². The Bertz CT molecular complexity index is 705. The smallest absolute Gasteiger partial charge is 0.338 e. The normalized spacial score (nSPS) is 10.1. The molecule has 140 valence electrons. The highest BCUT2D eigenvalue weighted by Gasteiger charge is 2.10. The zero-order valence-corrected chi connectivity index (χ0v) is 16.7. The molecule has 0 spiro atoms. The highest BCUT2D eigenvalue weighted by molar-refractivity contribution is 5.94. The van der Waals surface area contributed by atoms with E-state index in [1.165, 1.54) is 0 Å². The summed E-state index contributed by atoms with van der Waals surface area (Å²) < 4.78 is 7.26. The number of pyridine rings is 1. The summed E-state index contributed by atoms with van der Waals surface area (Å²) in [6, 6.07) is 12.8. The molecule has 0 unspecified atom stereocenters. The molecule has 1 aromatic carbocycles. The molecule has 0 aliphatic heterocycles. The Kier molecular flexibility index (Phi) is 9.58. The van der Waals surface area contributed by atoms with E-state index < -0.39 is 0 Å². The number of amides is 1. The molecule has 0 radical (unpaired) electrons. The number of aromatic nitrogens is 1. The first-order valence-electron chi connectivity index (χ1n) is 8.59. The summed E-state index contributed by atoms with van der Waals surface area (Å²) in [4.78, 5) is 24.0. The van der Waals surface area contributed by atoms with Gasteiger partial charge in [-0.15, -0.1) is 0 Å². The van der Waals surface area contributed by atoms with Crippen LogP contribution in [0.3, 0.4) is 0 Å². The lowest BCUT2D eigenvalue weighted by molar-refractivity contribution is -0.697. The lowest BCUT2D eigenvalue weighted by Crippen LogP contribution is -3.00. The fourth-order valence-corrected chi connectivity index (χ4v) is 2.39. The summed E-state index contributed by atoms with van der Waals surface area (Å²) in [6.45, 7) is 4.50. The molecule has 5 nitrogen and oxygen atoms in total. The van der Waals surface area contributed by atoms with Crippen LogP contribution in [0.1, 0.15) is 43.5 Å². The van der Waals surface area contributed by atoms with Gasteiger partial charge in [-0.3, -0.25) is 4.79 Å². The van der Waals surface area contributed by atoms with Gasteiger partial charge in [0.1, 0.15) is 6.54 Å². The number of ether oxygens (including phenoxy) is 1. The van der Waals surface area contributed by atoms with Gasteiger partial charge in [0.2, 0.25) is 5.91 Å². The van der Waals surface area contributed by atoms with E-state index in [2.05, 4.69) is 9.88 Å². The molecule has 1 amide bonds. The summed E-state index contributed by atoms with van der Waals surface area (Å²) >= 11 is 0. The van der Waals surface area contributed by atoms with Crippen LogP contribution in [0.2, 0.25) is 0 Å². The molecule has 1 N–H and O–H groups in total. The van der Waals surface area contributed by atoms with Crippen LogP contribution in [0, 0.1) is 0 Å². The van der Waals surface area contributed by atoms with Crippen LogP contribution in [0.4, 0.5) is 5.69 Å². The minimum Gasteiger partial charge on any atom is -1.00 e. The second-order valence-corrected chi connectivity index (χ2v) is 6.15. The molecule has 0 saturated heterocycles. The molecular formula is C20H25BrN2O3. The minimum absolute atomic E-state index is 0. The number of aryl methyl sites for hydroxylation is 1. The van der Waals surface area contributed by atoms with Crippen LogP contribution in [0.5, 0.6) is 0 Å². The number of carbonyl (C=O) groups excluding carboxylic acids is 2. The fraction of sp³-hybridized carbons (Fsp3) is 0.350. The first-order valence-corrected chi connectivity index (χ1v) is 8.59. The molecule has 0 fully saturated rings. The Balaban J connectivity index is 0.00000338. The van der Waals surface area contributed by atoms with Crippen LogP contribution in [0.15, 0.2) is 54.9 Å². The van der Waals surface area contributed by atoms with Gasteiger partial charge in [0.25, 0.3) is 0 Å². The summed E-state index contributed by atoms with van der Waals surface area (Å²) in [6.07, 6.45) is 6.05. The number of hydrogen-bond donors (Lipinski definition) is 1. The van der Waals surface area contributed by atoms with E-state index in [0.29, 0.717) is 17.7 Å². The van der Waals surface area contributed by atoms with Gasteiger partial charge in [-0.05, 0) is 38.5 Å². The van der Waals surface area contributed by atoms with Crippen LogP contribution < -0.4 is 26.9 Å². The third kappa shape index (κ3) is 7.78. The number of nitrogens with zero attached hydrogens (tertiary/aromatic N) is 1. The monoisotopic (exact) mass is 420 g/mol. The van der Waals surface area contributed by atoms with Gasteiger partial charge >= 0.3 is 5.97 Å². The predicted molar refractivity (Wildman–Crippen MR) is 96.1 cm³/mol. The van der Waals surface area contributed by atoms with Gasteiger partial charge in [-0.25, -0.2) is 9.36 Å². The van der Waals surface area contributed by atoms with Crippen molar-refractivity contribution in [3.8, 4) is 0 Å². The first kappa shape index (κ1) is 21.8. The summed E-state index contributed by atoms with van der Waals surface area (Å²) in [5, 5.41) is 2.84. The average molecular weight is 421 g/mol. The van der Waals surface area contributed by atoms with E-state index in [1.807, 2.05) is 30.6 Å². The van der Waals surface area contributed by atoms with E-state index in [1.54, 1.807) is 38.1 Å². The van der Waals surface area contributed by atoms with E-state index >= 15 is 0 Å². The average Bonchev–Trinajstić information content (AvgIpc) is 2.59. The number of esters is 1. The van der Waals surface area contributed by atoms with E-state index in [9.17, 15) is 9.59 Å². The molecule has 6 heteroatoms. The zero-order valence-electron chi connectivity index (χ0n) is 15.2. The van der Waals surface area contributed by atoms with Crippen LogP contribution in [0.25, 0.3) is 0 Å². The van der Waals surface area contributed by atoms with Gasteiger partial charge in [0, 0.05) is 30.7 Å². The molecule has 2 aromatic rings. The van der Waals surface area contributed by atoms with Crippen molar-refractivity contribution in [3.63, 3.8) is 0 Å².